The number of aliphatic hydroxyl groups is 1. The molecule has 4 nitrogen and oxygen atoms in total. The second-order valence-corrected chi connectivity index (χ2v) is 6.29. The van der Waals surface area contributed by atoms with Crippen molar-refractivity contribution < 1.29 is 18.7 Å². The van der Waals surface area contributed by atoms with Crippen LogP contribution in [0.25, 0.3) is 0 Å². The molecule has 1 aliphatic rings. The van der Waals surface area contributed by atoms with Gasteiger partial charge >= 0.3 is 6.03 Å². The summed E-state index contributed by atoms with van der Waals surface area (Å²) in [6.45, 7) is 3.86. The molecule has 0 radical (unpaired) electrons. The minimum Gasteiger partial charge on any atom is -0.388 e. The molecule has 1 aromatic rings. The molecule has 2 rings (SSSR count). The second-order valence-electron chi connectivity index (χ2n) is 6.29. The Kier molecular flexibility index (Phi) is 5.01. The number of halogens is 2. The van der Waals surface area contributed by atoms with E-state index in [2.05, 4.69) is 10.6 Å². The Morgan fingerprint density at radius 3 is 2.55 bits per heavy atom. The Hall–Kier alpha value is -1.69. The van der Waals surface area contributed by atoms with Crippen LogP contribution in [0.1, 0.15) is 44.7 Å². The molecule has 0 heterocycles. The molecule has 1 aliphatic carbocycles. The van der Waals surface area contributed by atoms with Gasteiger partial charge in [-0.1, -0.05) is 19.9 Å². The van der Waals surface area contributed by atoms with Crippen molar-refractivity contribution in [2.24, 2.45) is 5.92 Å². The van der Waals surface area contributed by atoms with Crippen molar-refractivity contribution in [2.45, 2.75) is 44.8 Å². The standard InChI is InChI=1S/C16H22F2N2O2/c1-10(2)14(12-5-4-11(17)8-13(12)18)20-15(21)19-9-16(22)6-3-7-16/h4-5,8,10,14,22H,3,6-7,9H2,1-2H3,(H2,19,20,21). The summed E-state index contributed by atoms with van der Waals surface area (Å²) in [6.07, 6.45) is 2.30. The number of nitrogens with one attached hydrogen (secondary N) is 2. The molecule has 3 N–H and O–H groups in total. The van der Waals surface area contributed by atoms with Gasteiger partial charge in [0.2, 0.25) is 0 Å². The predicted molar refractivity (Wildman–Crippen MR) is 79.3 cm³/mol. The SMILES string of the molecule is CC(C)C(NC(=O)NCC1(O)CCC1)c1ccc(F)cc1F. The highest BCUT2D eigenvalue weighted by Gasteiger charge is 2.34. The Morgan fingerprint density at radius 2 is 2.05 bits per heavy atom. The smallest absolute Gasteiger partial charge is 0.315 e. The first-order valence-corrected chi connectivity index (χ1v) is 7.52. The van der Waals surface area contributed by atoms with Gasteiger partial charge in [-0.3, -0.25) is 0 Å². The molecule has 1 aromatic carbocycles. The number of urea groups is 1. The molecule has 0 bridgehead atoms. The van der Waals surface area contributed by atoms with E-state index in [1.165, 1.54) is 12.1 Å². The third-order valence-electron chi connectivity index (χ3n) is 4.11. The van der Waals surface area contributed by atoms with Crippen molar-refractivity contribution in [1.29, 1.82) is 0 Å². The first-order valence-electron chi connectivity index (χ1n) is 7.52. The van der Waals surface area contributed by atoms with Gasteiger partial charge in [-0.25, -0.2) is 13.6 Å². The van der Waals surface area contributed by atoms with Crippen molar-refractivity contribution in [3.8, 4) is 0 Å². The van der Waals surface area contributed by atoms with E-state index in [0.29, 0.717) is 12.8 Å². The molecule has 2 amide bonds. The van der Waals surface area contributed by atoms with E-state index in [0.717, 1.165) is 12.5 Å². The summed E-state index contributed by atoms with van der Waals surface area (Å²) in [7, 11) is 0. The summed E-state index contributed by atoms with van der Waals surface area (Å²) in [6, 6.07) is 2.28. The molecular formula is C16H22F2N2O2. The number of carbonyl (C=O) groups excluding carboxylic acids is 1. The van der Waals surface area contributed by atoms with Gasteiger partial charge in [0.25, 0.3) is 0 Å². The number of amides is 2. The monoisotopic (exact) mass is 312 g/mol. The highest BCUT2D eigenvalue weighted by atomic mass is 19.1. The minimum atomic E-state index is -0.814. The average molecular weight is 312 g/mol. The largest absolute Gasteiger partial charge is 0.388 e. The first-order chi connectivity index (χ1) is 10.3. The topological polar surface area (TPSA) is 61.4 Å². The predicted octanol–water partition coefficient (Wildman–Crippen LogP) is 2.88. The zero-order valence-corrected chi connectivity index (χ0v) is 12.8. The molecule has 0 aliphatic heterocycles. The van der Waals surface area contributed by atoms with Crippen molar-refractivity contribution in [3.05, 3.63) is 35.4 Å². The minimum absolute atomic E-state index is 0.0718. The van der Waals surface area contributed by atoms with Gasteiger partial charge < -0.3 is 15.7 Å². The van der Waals surface area contributed by atoms with E-state index in [-0.39, 0.29) is 18.0 Å². The Morgan fingerprint density at radius 1 is 1.36 bits per heavy atom. The third-order valence-corrected chi connectivity index (χ3v) is 4.11. The van der Waals surface area contributed by atoms with E-state index in [1.54, 1.807) is 0 Å². The fraction of sp³-hybridized carbons (Fsp3) is 0.562. The molecule has 1 atom stereocenters. The molecule has 0 saturated heterocycles. The highest BCUT2D eigenvalue weighted by molar-refractivity contribution is 5.74. The maximum Gasteiger partial charge on any atom is 0.315 e. The van der Waals surface area contributed by atoms with Crippen molar-refractivity contribution >= 4 is 6.03 Å². The van der Waals surface area contributed by atoms with Crippen LogP contribution in [-0.2, 0) is 0 Å². The lowest BCUT2D eigenvalue weighted by Crippen LogP contribution is -2.50. The van der Waals surface area contributed by atoms with Crippen LogP contribution in [0.2, 0.25) is 0 Å². The van der Waals surface area contributed by atoms with Crippen LogP contribution in [-0.4, -0.2) is 23.3 Å². The number of benzene rings is 1. The first kappa shape index (κ1) is 16.7. The molecular weight excluding hydrogens is 290 g/mol. The molecule has 1 saturated carbocycles. The molecule has 0 aromatic heterocycles. The lowest BCUT2D eigenvalue weighted by molar-refractivity contribution is -0.0290. The van der Waals surface area contributed by atoms with Crippen molar-refractivity contribution in [1.82, 2.24) is 10.6 Å². The molecule has 122 valence electrons. The molecule has 6 heteroatoms. The van der Waals surface area contributed by atoms with Crippen LogP contribution in [0.4, 0.5) is 13.6 Å². The van der Waals surface area contributed by atoms with Crippen molar-refractivity contribution in [3.63, 3.8) is 0 Å². The van der Waals surface area contributed by atoms with E-state index >= 15 is 0 Å². The van der Waals surface area contributed by atoms with Gasteiger partial charge in [-0.05, 0) is 31.2 Å². The number of hydrogen-bond acceptors (Lipinski definition) is 2. The maximum atomic E-state index is 13.9. The summed E-state index contributed by atoms with van der Waals surface area (Å²) < 4.78 is 26.9. The summed E-state index contributed by atoms with van der Waals surface area (Å²) in [5, 5.41) is 15.3. The van der Waals surface area contributed by atoms with E-state index < -0.39 is 29.3 Å². The van der Waals surface area contributed by atoms with Gasteiger partial charge in [0.1, 0.15) is 11.6 Å². The van der Waals surface area contributed by atoms with Crippen LogP contribution >= 0.6 is 0 Å². The van der Waals surface area contributed by atoms with Gasteiger partial charge in [0.15, 0.2) is 0 Å². The highest BCUT2D eigenvalue weighted by Crippen LogP contribution is 2.30. The molecule has 0 spiro atoms. The second kappa shape index (κ2) is 6.60. The quantitative estimate of drug-likeness (QED) is 0.783. The average Bonchev–Trinajstić information content (AvgIpc) is 2.41. The summed E-state index contributed by atoms with van der Waals surface area (Å²) >= 11 is 0. The molecule has 1 unspecified atom stereocenters. The van der Waals surface area contributed by atoms with Crippen LogP contribution in [0, 0.1) is 17.6 Å². The number of hydrogen-bond donors (Lipinski definition) is 3. The lowest BCUT2D eigenvalue weighted by Gasteiger charge is -2.36. The van der Waals surface area contributed by atoms with Crippen LogP contribution in [0.5, 0.6) is 0 Å². The van der Waals surface area contributed by atoms with Crippen LogP contribution in [0.3, 0.4) is 0 Å². The van der Waals surface area contributed by atoms with E-state index in [4.69, 9.17) is 0 Å². The van der Waals surface area contributed by atoms with E-state index in [1.807, 2.05) is 13.8 Å². The zero-order valence-electron chi connectivity index (χ0n) is 12.8. The zero-order chi connectivity index (χ0) is 16.3. The normalized spacial score (nSPS) is 17.7. The number of carbonyl (C=O) groups is 1. The Bertz CT molecular complexity index is 545. The van der Waals surface area contributed by atoms with Crippen LogP contribution < -0.4 is 10.6 Å². The van der Waals surface area contributed by atoms with Crippen molar-refractivity contribution in [2.75, 3.05) is 6.54 Å². The number of rotatable bonds is 5. The lowest BCUT2D eigenvalue weighted by atomic mass is 9.80. The Balaban J connectivity index is 2.00. The Labute approximate surface area is 128 Å². The molecule has 1 fully saturated rings. The van der Waals surface area contributed by atoms with Gasteiger partial charge in [0.05, 0.1) is 11.6 Å². The fourth-order valence-electron chi connectivity index (χ4n) is 2.56. The fourth-order valence-corrected chi connectivity index (χ4v) is 2.56. The maximum absolute atomic E-state index is 13.9. The summed E-state index contributed by atoms with van der Waals surface area (Å²) in [5.74, 6) is -1.41. The van der Waals surface area contributed by atoms with Crippen LogP contribution in [0.15, 0.2) is 18.2 Å². The molecule has 22 heavy (non-hydrogen) atoms. The van der Waals surface area contributed by atoms with Gasteiger partial charge in [-0.2, -0.15) is 0 Å². The van der Waals surface area contributed by atoms with E-state index in [9.17, 15) is 18.7 Å². The third kappa shape index (κ3) is 3.94. The summed E-state index contributed by atoms with van der Waals surface area (Å²) in [5.41, 5.74) is -0.569. The van der Waals surface area contributed by atoms with Gasteiger partial charge in [-0.15, -0.1) is 0 Å². The summed E-state index contributed by atoms with van der Waals surface area (Å²) in [4.78, 5) is 12.0. The van der Waals surface area contributed by atoms with Gasteiger partial charge in [0, 0.05) is 18.2 Å².